The molecule has 22 nitrogen and oxygen atoms in total. The predicted molar refractivity (Wildman–Crippen MR) is 519 cm³/mol. The van der Waals surface area contributed by atoms with Crippen LogP contribution in [0.2, 0.25) is 0 Å². The second-order valence-corrected chi connectivity index (χ2v) is 35.4. The maximum absolute atomic E-state index is 13.7. The first-order chi connectivity index (χ1) is 65.0. The number of hydrogen-bond acceptors (Lipinski definition) is 17. The Morgan fingerprint density at radius 2 is 0.530 bits per heavy atom. The maximum atomic E-state index is 13.7. The highest BCUT2D eigenvalue weighted by Gasteiger charge is 2.40. The molecule has 8 aromatic carbocycles. The van der Waals surface area contributed by atoms with Crippen molar-refractivity contribution in [2.45, 2.75) is 78.2 Å². The van der Waals surface area contributed by atoms with Crippen LogP contribution < -0.4 is 0 Å². The molecule has 23 heteroatoms. The van der Waals surface area contributed by atoms with E-state index >= 15 is 0 Å². The third kappa shape index (κ3) is 18.3. The molecular weight excluding hydrogens is 1670 g/mol. The number of ketones is 6. The van der Waals surface area contributed by atoms with Gasteiger partial charge in [0.15, 0.2) is 34.7 Å². The molecule has 0 saturated heterocycles. The number of aromatic nitrogens is 7. The van der Waals surface area contributed by atoms with Crippen molar-refractivity contribution >= 4 is 156 Å². The first kappa shape index (κ1) is 87.0. The van der Waals surface area contributed by atoms with Crippen molar-refractivity contribution in [3.63, 3.8) is 0 Å². The van der Waals surface area contributed by atoms with Crippen molar-refractivity contribution in [1.82, 2.24) is 47.1 Å². The number of benzene rings is 8. The van der Waals surface area contributed by atoms with Crippen molar-refractivity contribution in [1.29, 1.82) is 0 Å². The Balaban J connectivity index is 0.000000124. The number of carbonyl (C=O) groups is 6. The molecule has 22 rings (SSSR count). The van der Waals surface area contributed by atoms with Crippen molar-refractivity contribution < 1.29 is 57.2 Å². The van der Waals surface area contributed by atoms with Gasteiger partial charge >= 0.3 is 0 Å². The van der Waals surface area contributed by atoms with Crippen molar-refractivity contribution in [2.75, 3.05) is 119 Å². The highest BCUT2D eigenvalue weighted by Crippen LogP contribution is 2.46. The fraction of sp³-hybridized carbons (Fsp3) is 0.275. The molecule has 0 fully saturated rings. The van der Waals surface area contributed by atoms with Gasteiger partial charge in [-0.3, -0.25) is 48.5 Å². The largest absolute Gasteiger partial charge is 0.378 e. The summed E-state index contributed by atoms with van der Waals surface area (Å²) < 4.78 is 48.9. The van der Waals surface area contributed by atoms with Crippen LogP contribution in [0.15, 0.2) is 267 Å². The van der Waals surface area contributed by atoms with Gasteiger partial charge < -0.3 is 55.8 Å². The summed E-state index contributed by atoms with van der Waals surface area (Å²) in [5.41, 5.74) is 16.8. The van der Waals surface area contributed by atoms with Gasteiger partial charge in [0.25, 0.3) is 0 Å². The summed E-state index contributed by atoms with van der Waals surface area (Å²) in [6.07, 6.45) is 15.6. The molecular formula is C109H104N10O12S. The number of allylic oxidation sites excluding steroid dienone is 6. The lowest BCUT2D eigenvalue weighted by molar-refractivity contribution is -0.121. The first-order valence-electron chi connectivity index (χ1n) is 45.9. The lowest BCUT2D eigenvalue weighted by Crippen LogP contribution is -2.31. The number of rotatable bonds is 6. The summed E-state index contributed by atoms with van der Waals surface area (Å²) in [6, 6.07) is 72.2. The molecule has 3 aliphatic carbocycles. The SMILES string of the molecule is O=C1CC(=O)C2=C1c1cn(c3ccccc13)CCOCCOCCN(Cc1cccc3ccccc13)CCn1cc2c2ccccc21.O=C1CC(=O)C2=C1c1cn(c3ccccc13)CCOCCOCCN(Cc1cccs1)CCn1cc2c2ccccc21.O=C1CC(=O)C2=C1c1cn(c3ccccc13)CCOCCOCCN(Cc1ccncc1)CCn1cc2c2ccccc21. The highest BCUT2D eigenvalue weighted by molar-refractivity contribution is 7.09. The summed E-state index contributed by atoms with van der Waals surface area (Å²) in [5, 5.41) is 10.5. The fourth-order valence-electron chi connectivity index (χ4n) is 19.9. The predicted octanol–water partition coefficient (Wildman–Crippen LogP) is 17.4. The van der Waals surface area contributed by atoms with E-state index in [-0.39, 0.29) is 54.0 Å². The molecule has 0 radical (unpaired) electrons. The molecule has 6 aliphatic rings. The zero-order chi connectivity index (χ0) is 89.4. The summed E-state index contributed by atoms with van der Waals surface area (Å²) >= 11 is 1.77. The maximum Gasteiger partial charge on any atom is 0.172 e. The molecule has 0 N–H and O–H groups in total. The fourth-order valence-corrected chi connectivity index (χ4v) is 20.7. The van der Waals surface area contributed by atoms with E-state index < -0.39 is 0 Å². The number of nitrogens with zero attached hydrogens (tertiary/aromatic N) is 10. The molecule has 0 spiro atoms. The second-order valence-electron chi connectivity index (χ2n) is 34.4. The minimum absolute atomic E-state index is 0.0959. The van der Waals surface area contributed by atoms with E-state index in [0.717, 1.165) is 177 Å². The second kappa shape index (κ2) is 40.0. The van der Waals surface area contributed by atoms with E-state index in [1.54, 1.807) is 11.3 Å². The van der Waals surface area contributed by atoms with Crippen LogP contribution in [-0.2, 0) is 116 Å². The zero-order valence-electron chi connectivity index (χ0n) is 73.9. The van der Waals surface area contributed by atoms with Crippen molar-refractivity contribution in [2.24, 2.45) is 0 Å². The van der Waals surface area contributed by atoms with Crippen LogP contribution >= 0.6 is 11.3 Å². The van der Waals surface area contributed by atoms with Crippen LogP contribution in [0.1, 0.15) is 68.6 Å². The minimum atomic E-state index is -0.123. The van der Waals surface area contributed by atoms with Gasteiger partial charge in [-0.05, 0) is 81.9 Å². The van der Waals surface area contributed by atoms with Gasteiger partial charge in [-0.25, -0.2) is 0 Å². The number of ether oxygens (including phenoxy) is 6. The number of pyridine rings is 1. The molecule has 0 atom stereocenters. The Labute approximate surface area is 768 Å². The van der Waals surface area contributed by atoms with Crippen LogP contribution in [0.3, 0.4) is 0 Å². The number of thiophene rings is 1. The quantitative estimate of drug-likeness (QED) is 0.142. The number of para-hydroxylation sites is 6. The topological polar surface area (TPSA) is 210 Å². The van der Waals surface area contributed by atoms with Crippen LogP contribution in [0.5, 0.6) is 0 Å². The van der Waals surface area contributed by atoms with Crippen LogP contribution in [-0.4, -0.2) is 200 Å². The number of fused-ring (bicyclic) bond motifs is 37. The molecule has 0 unspecified atom stereocenters. The van der Waals surface area contributed by atoms with E-state index in [9.17, 15) is 28.8 Å². The third-order valence-corrected chi connectivity index (χ3v) is 27.2. The van der Waals surface area contributed by atoms with E-state index in [2.05, 4.69) is 180 Å². The lowest BCUT2D eigenvalue weighted by Gasteiger charge is -2.24. The molecule has 668 valence electrons. The molecule has 11 heterocycles. The zero-order valence-corrected chi connectivity index (χ0v) is 74.7. The standard InChI is InChI=1S/C40H37N3O4.C35H34N4O4.C34H33N3O4S/c44-37-24-38(45)40-34-27-43(36-15-6-4-13-32(34)36)19-21-47-23-22-46-20-18-41(25-29-10-7-9-28-8-1-2-11-30(28)29)16-17-42-26-33(39(37)40)31-12-3-5-14-35(31)42;40-32-21-33(41)35-29-24-39(31-8-4-2-6-27(29)31)16-18-43-20-19-42-17-15-37(22-25-9-11-36-12-10-25)13-14-38-23-28(34(32)35)26-5-1-3-7-30(26)38;38-31-20-32(39)34-28-23-37(30-10-4-2-8-26(28)30)14-16-41-18-17-40-15-13-35(21-24-6-5-19-42-24)11-12-36-22-27(33(31)34)25-7-1-3-9-29(25)36/h1-15,26-27H,16-25H2;1-12,23-24H,13-22H2;1-10,19,22-23H,11-18,20-21H2. The van der Waals surface area contributed by atoms with Gasteiger partial charge in [0.05, 0.1) is 98.5 Å². The lowest BCUT2D eigenvalue weighted by atomic mass is 9.95. The van der Waals surface area contributed by atoms with Crippen LogP contribution in [0, 0.1) is 0 Å². The van der Waals surface area contributed by atoms with Gasteiger partial charge in [-0.1, -0.05) is 158 Å². The monoisotopic (exact) mass is 1780 g/mol. The summed E-state index contributed by atoms with van der Waals surface area (Å²) in [6.45, 7) is 17.8. The molecule has 0 saturated carbocycles. The van der Waals surface area contributed by atoms with Gasteiger partial charge in [-0.2, -0.15) is 0 Å². The van der Waals surface area contributed by atoms with Gasteiger partial charge in [-0.15, -0.1) is 11.3 Å². The van der Waals surface area contributed by atoms with E-state index in [1.165, 1.54) is 26.8 Å². The normalized spacial score (nSPS) is 17.6. The Bertz CT molecular complexity index is 7130. The van der Waals surface area contributed by atoms with Crippen molar-refractivity contribution in [3.8, 4) is 0 Å². The molecule has 132 heavy (non-hydrogen) atoms. The Morgan fingerprint density at radius 3 is 0.856 bits per heavy atom. The van der Waals surface area contributed by atoms with Crippen molar-refractivity contribution in [3.05, 3.63) is 317 Å². The Morgan fingerprint density at radius 1 is 0.250 bits per heavy atom. The Kier molecular flexibility index (Phi) is 26.3. The third-order valence-electron chi connectivity index (χ3n) is 26.3. The highest BCUT2D eigenvalue weighted by atomic mass is 32.1. The Hall–Kier alpha value is -13.0. The van der Waals surface area contributed by atoms with Gasteiger partial charge in [0.1, 0.15) is 0 Å². The van der Waals surface area contributed by atoms with E-state index in [0.29, 0.717) is 132 Å². The average Bonchev–Trinajstić information content (AvgIpc) is 1.59. The van der Waals surface area contributed by atoms with E-state index in [1.807, 2.05) is 134 Å². The molecule has 3 aliphatic heterocycles. The smallest absolute Gasteiger partial charge is 0.172 e. The number of Topliss-reactive ketones (excluding diaryl/α,β-unsaturated/α-hetero) is 6. The molecule has 16 aromatic rings. The molecule has 8 aromatic heterocycles. The summed E-state index contributed by atoms with van der Waals surface area (Å²) in [7, 11) is 0. The van der Waals surface area contributed by atoms with Gasteiger partial charge in [0, 0.05) is 285 Å². The minimum Gasteiger partial charge on any atom is -0.378 e. The van der Waals surface area contributed by atoms with Crippen LogP contribution in [0.4, 0.5) is 0 Å². The molecule has 12 bridgehead atoms. The summed E-state index contributed by atoms with van der Waals surface area (Å²) in [4.78, 5) is 94.3. The average molecular weight is 1780 g/mol. The first-order valence-corrected chi connectivity index (χ1v) is 46.8. The van der Waals surface area contributed by atoms with E-state index in [4.69, 9.17) is 28.4 Å². The van der Waals surface area contributed by atoms with Crippen LogP contribution in [0.25, 0.3) is 110 Å². The number of carbonyl (C=O) groups excluding carboxylic acids is 6. The van der Waals surface area contributed by atoms with Gasteiger partial charge in [0.2, 0.25) is 0 Å². The summed E-state index contributed by atoms with van der Waals surface area (Å²) in [5.74, 6) is -0.705. The molecule has 0 amide bonds. The number of hydrogen-bond donors (Lipinski definition) is 0.